The molecule has 3 N–H and O–H groups in total. The number of nitrogens with one attached hydrogen (secondary N) is 3. The second-order valence-electron chi connectivity index (χ2n) is 6.45. The van der Waals surface area contributed by atoms with Crippen molar-refractivity contribution in [2.24, 2.45) is 0 Å². The number of pyridine rings is 2. The van der Waals surface area contributed by atoms with Gasteiger partial charge in [-0.15, -0.1) is 0 Å². The van der Waals surface area contributed by atoms with Gasteiger partial charge in [-0.1, -0.05) is 0 Å². The Balaban J connectivity index is 1.46. The molecule has 6 aromatic heterocycles. The van der Waals surface area contributed by atoms with Crippen molar-refractivity contribution in [3.05, 3.63) is 61.3 Å². The highest BCUT2D eigenvalue weighted by atomic mass is 14.9. The van der Waals surface area contributed by atoms with Crippen LogP contribution in [0.1, 0.15) is 0 Å². The minimum Gasteiger partial charge on any atom is -0.361 e. The van der Waals surface area contributed by atoms with Crippen LogP contribution in [0.3, 0.4) is 0 Å². The molecule has 0 unspecified atom stereocenters. The largest absolute Gasteiger partial charge is 0.361 e. The van der Waals surface area contributed by atoms with Crippen LogP contribution in [0.15, 0.2) is 61.3 Å². The molecular weight excluding hydrogens is 338 g/mol. The monoisotopic (exact) mass is 351 g/mol. The van der Waals surface area contributed by atoms with Crippen molar-refractivity contribution in [3.8, 4) is 22.8 Å². The lowest BCUT2D eigenvalue weighted by molar-refractivity contribution is 1.22. The van der Waals surface area contributed by atoms with Crippen LogP contribution in [-0.2, 0) is 0 Å². The fraction of sp³-hybridized carbons (Fsp3) is 0. The zero-order valence-electron chi connectivity index (χ0n) is 14.1. The van der Waals surface area contributed by atoms with Crippen LogP contribution in [0.2, 0.25) is 0 Å². The summed E-state index contributed by atoms with van der Waals surface area (Å²) in [4.78, 5) is 27.6. The van der Waals surface area contributed by atoms with Crippen molar-refractivity contribution in [2.75, 3.05) is 0 Å². The normalized spacial score (nSPS) is 11.7. The average molecular weight is 351 g/mol. The average Bonchev–Trinajstić information content (AvgIpc) is 3.42. The van der Waals surface area contributed by atoms with Crippen LogP contribution in [0, 0.1) is 0 Å². The summed E-state index contributed by atoms with van der Waals surface area (Å²) in [6.45, 7) is 0. The molecule has 7 nitrogen and oxygen atoms in total. The van der Waals surface area contributed by atoms with Crippen molar-refractivity contribution in [1.82, 2.24) is 34.9 Å². The van der Waals surface area contributed by atoms with Gasteiger partial charge in [-0.2, -0.15) is 0 Å². The number of aromatic nitrogens is 7. The van der Waals surface area contributed by atoms with Crippen LogP contribution in [0.4, 0.5) is 0 Å². The minimum atomic E-state index is 0.860. The molecule has 0 fully saturated rings. The summed E-state index contributed by atoms with van der Waals surface area (Å²) in [5, 5.41) is 1.09. The first-order chi connectivity index (χ1) is 13.3. The van der Waals surface area contributed by atoms with E-state index in [9.17, 15) is 0 Å². The van der Waals surface area contributed by atoms with Crippen LogP contribution >= 0.6 is 0 Å². The zero-order chi connectivity index (χ0) is 17.8. The van der Waals surface area contributed by atoms with Crippen molar-refractivity contribution in [3.63, 3.8) is 0 Å². The van der Waals surface area contributed by atoms with Gasteiger partial charge in [-0.05, 0) is 36.4 Å². The zero-order valence-corrected chi connectivity index (χ0v) is 14.1. The summed E-state index contributed by atoms with van der Waals surface area (Å²) in [6.07, 6.45) is 7.10. The van der Waals surface area contributed by atoms with Gasteiger partial charge in [0.15, 0.2) is 0 Å². The van der Waals surface area contributed by atoms with E-state index in [4.69, 9.17) is 4.98 Å². The smallest absolute Gasteiger partial charge is 0.116 e. The van der Waals surface area contributed by atoms with E-state index in [1.807, 2.05) is 48.8 Å². The summed E-state index contributed by atoms with van der Waals surface area (Å²) in [5.74, 6) is 0. The fourth-order valence-electron chi connectivity index (χ4n) is 3.40. The van der Waals surface area contributed by atoms with Crippen molar-refractivity contribution >= 4 is 33.0 Å². The summed E-state index contributed by atoms with van der Waals surface area (Å²) in [7, 11) is 0. The Morgan fingerprint density at radius 1 is 0.704 bits per heavy atom. The standard InChI is InChI=1S/C20H13N7/c1-2-13-18(25-12(1)17-6-16-20(27-17)9-21-10-24-16)7-19(26-13)15-5-14-11(8-23-15)3-4-22-14/h1-10,22,26-27H. The highest BCUT2D eigenvalue weighted by Crippen LogP contribution is 2.27. The molecule has 0 spiro atoms. The predicted molar refractivity (Wildman–Crippen MR) is 104 cm³/mol. The third-order valence-electron chi connectivity index (χ3n) is 4.76. The lowest BCUT2D eigenvalue weighted by atomic mass is 10.2. The molecule has 6 rings (SSSR count). The molecule has 0 bridgehead atoms. The highest BCUT2D eigenvalue weighted by molar-refractivity contribution is 5.88. The molecular formula is C20H13N7. The van der Waals surface area contributed by atoms with E-state index < -0.39 is 0 Å². The van der Waals surface area contributed by atoms with Crippen LogP contribution in [0.25, 0.3) is 55.7 Å². The van der Waals surface area contributed by atoms with Gasteiger partial charge in [0, 0.05) is 23.3 Å². The number of aromatic amines is 3. The summed E-state index contributed by atoms with van der Waals surface area (Å²) < 4.78 is 0. The molecule has 0 radical (unpaired) electrons. The van der Waals surface area contributed by atoms with Crippen LogP contribution < -0.4 is 0 Å². The fourth-order valence-corrected chi connectivity index (χ4v) is 3.40. The Morgan fingerprint density at radius 2 is 1.59 bits per heavy atom. The van der Waals surface area contributed by atoms with E-state index in [2.05, 4.69) is 29.9 Å². The molecule has 0 saturated heterocycles. The first-order valence-corrected chi connectivity index (χ1v) is 8.56. The maximum Gasteiger partial charge on any atom is 0.116 e. The second kappa shape index (κ2) is 5.25. The third kappa shape index (κ3) is 2.22. The van der Waals surface area contributed by atoms with Crippen molar-refractivity contribution in [2.45, 2.75) is 0 Å². The molecule has 6 heterocycles. The number of hydrogen-bond donors (Lipinski definition) is 3. The van der Waals surface area contributed by atoms with Gasteiger partial charge in [0.05, 0.1) is 51.0 Å². The van der Waals surface area contributed by atoms with E-state index in [-0.39, 0.29) is 0 Å². The number of fused-ring (bicyclic) bond motifs is 3. The SMILES string of the molecule is c1ncc2[nH]c(-c3ccc4[nH]c(-c5cc6[nH]ccc6cn5)cc4n3)cc2n1. The molecule has 0 aliphatic rings. The highest BCUT2D eigenvalue weighted by Gasteiger charge is 2.10. The Morgan fingerprint density at radius 3 is 2.56 bits per heavy atom. The lowest BCUT2D eigenvalue weighted by Gasteiger charge is -1.97. The molecule has 0 saturated carbocycles. The van der Waals surface area contributed by atoms with Crippen LogP contribution in [-0.4, -0.2) is 34.9 Å². The molecule has 7 heteroatoms. The molecule has 0 aliphatic heterocycles. The molecule has 0 aromatic carbocycles. The van der Waals surface area contributed by atoms with Gasteiger partial charge in [-0.25, -0.2) is 15.0 Å². The van der Waals surface area contributed by atoms with Crippen molar-refractivity contribution < 1.29 is 0 Å². The Bertz CT molecular complexity index is 1400. The van der Waals surface area contributed by atoms with E-state index in [1.165, 1.54) is 0 Å². The second-order valence-corrected chi connectivity index (χ2v) is 6.45. The number of nitrogens with zero attached hydrogens (tertiary/aromatic N) is 4. The van der Waals surface area contributed by atoms with Gasteiger partial charge in [0.25, 0.3) is 0 Å². The predicted octanol–water partition coefficient (Wildman–Crippen LogP) is 4.04. The number of hydrogen-bond acceptors (Lipinski definition) is 4. The van der Waals surface area contributed by atoms with Crippen molar-refractivity contribution in [1.29, 1.82) is 0 Å². The molecule has 128 valence electrons. The summed E-state index contributed by atoms with van der Waals surface area (Å²) in [5.41, 5.74) is 8.29. The van der Waals surface area contributed by atoms with Crippen LogP contribution in [0.5, 0.6) is 0 Å². The summed E-state index contributed by atoms with van der Waals surface area (Å²) in [6, 6.07) is 12.1. The minimum absolute atomic E-state index is 0.860. The Labute approximate surface area is 152 Å². The first-order valence-electron chi connectivity index (χ1n) is 8.56. The maximum atomic E-state index is 4.79. The quantitative estimate of drug-likeness (QED) is 0.438. The third-order valence-corrected chi connectivity index (χ3v) is 4.76. The Kier molecular flexibility index (Phi) is 2.76. The molecule has 27 heavy (non-hydrogen) atoms. The van der Waals surface area contributed by atoms with Gasteiger partial charge < -0.3 is 15.0 Å². The van der Waals surface area contributed by atoms with E-state index in [0.717, 1.165) is 55.7 Å². The van der Waals surface area contributed by atoms with Gasteiger partial charge in [-0.3, -0.25) is 4.98 Å². The number of H-pyrrole nitrogens is 3. The maximum absolute atomic E-state index is 4.79. The first kappa shape index (κ1) is 14.2. The summed E-state index contributed by atoms with van der Waals surface area (Å²) >= 11 is 0. The molecule has 0 aliphatic carbocycles. The molecule has 0 amide bonds. The van der Waals surface area contributed by atoms with Gasteiger partial charge in [0.2, 0.25) is 0 Å². The van der Waals surface area contributed by atoms with E-state index >= 15 is 0 Å². The molecule has 6 aromatic rings. The van der Waals surface area contributed by atoms with E-state index in [1.54, 1.807) is 12.5 Å². The number of rotatable bonds is 2. The van der Waals surface area contributed by atoms with E-state index in [0.29, 0.717) is 0 Å². The topological polar surface area (TPSA) is 98.9 Å². The van der Waals surface area contributed by atoms with Gasteiger partial charge >= 0.3 is 0 Å². The lowest BCUT2D eigenvalue weighted by Crippen LogP contribution is -1.83. The molecule has 0 atom stereocenters. The Hall–Kier alpha value is -4.00. The van der Waals surface area contributed by atoms with Gasteiger partial charge in [0.1, 0.15) is 6.33 Å².